The van der Waals surface area contributed by atoms with Gasteiger partial charge in [0.25, 0.3) is 0 Å². The first-order chi connectivity index (χ1) is 6.63. The molecule has 1 aromatic heterocycles. The fourth-order valence-corrected chi connectivity index (χ4v) is 1.45. The molecule has 0 saturated carbocycles. The molecule has 0 bridgehead atoms. The van der Waals surface area contributed by atoms with Crippen LogP contribution in [-0.2, 0) is 13.6 Å². The lowest BCUT2D eigenvalue weighted by Gasteiger charge is -2.23. The van der Waals surface area contributed by atoms with Crippen LogP contribution in [0.4, 0.5) is 0 Å². The summed E-state index contributed by atoms with van der Waals surface area (Å²) in [6, 6.07) is 0.542. The van der Waals surface area contributed by atoms with E-state index in [9.17, 15) is 0 Å². The van der Waals surface area contributed by atoms with Gasteiger partial charge in [0.1, 0.15) is 0 Å². The molecule has 0 fully saturated rings. The maximum Gasteiger partial charge on any atom is 0.0534 e. The largest absolute Gasteiger partial charge is 0.318 e. The summed E-state index contributed by atoms with van der Waals surface area (Å²) in [5, 5.41) is 7.33. The van der Waals surface area contributed by atoms with Crippen molar-refractivity contribution in [1.82, 2.24) is 20.0 Å². The van der Waals surface area contributed by atoms with E-state index in [0.717, 1.165) is 13.1 Å². The first kappa shape index (κ1) is 11.2. The van der Waals surface area contributed by atoms with Crippen LogP contribution in [0.15, 0.2) is 12.4 Å². The van der Waals surface area contributed by atoms with Crippen LogP contribution in [0.3, 0.4) is 0 Å². The Morgan fingerprint density at radius 3 is 2.86 bits per heavy atom. The molecule has 0 saturated heterocycles. The van der Waals surface area contributed by atoms with Gasteiger partial charge in [-0.15, -0.1) is 0 Å². The maximum absolute atomic E-state index is 4.15. The highest BCUT2D eigenvalue weighted by Crippen LogP contribution is 2.04. The van der Waals surface area contributed by atoms with Gasteiger partial charge >= 0.3 is 0 Å². The molecule has 80 valence electrons. The van der Waals surface area contributed by atoms with Crippen LogP contribution in [0, 0.1) is 0 Å². The summed E-state index contributed by atoms with van der Waals surface area (Å²) in [6.07, 6.45) is 3.98. The SMILES string of the molecule is CNCC(C)N(C)Cc1cnn(C)c1. The van der Waals surface area contributed by atoms with Crippen molar-refractivity contribution in [2.24, 2.45) is 7.05 Å². The van der Waals surface area contributed by atoms with Crippen LogP contribution >= 0.6 is 0 Å². The molecular weight excluding hydrogens is 176 g/mol. The highest BCUT2D eigenvalue weighted by Gasteiger charge is 2.08. The quantitative estimate of drug-likeness (QED) is 0.742. The Hall–Kier alpha value is -0.870. The Labute approximate surface area is 85.9 Å². The monoisotopic (exact) mass is 196 g/mol. The van der Waals surface area contributed by atoms with Crippen molar-refractivity contribution in [3.05, 3.63) is 18.0 Å². The Morgan fingerprint density at radius 1 is 1.64 bits per heavy atom. The van der Waals surface area contributed by atoms with Crippen LogP contribution in [0.2, 0.25) is 0 Å². The summed E-state index contributed by atoms with van der Waals surface area (Å²) in [4.78, 5) is 2.31. The minimum absolute atomic E-state index is 0.542. The number of hydrogen-bond donors (Lipinski definition) is 1. The minimum Gasteiger partial charge on any atom is -0.318 e. The average molecular weight is 196 g/mol. The molecule has 1 heterocycles. The fourth-order valence-electron chi connectivity index (χ4n) is 1.45. The first-order valence-corrected chi connectivity index (χ1v) is 4.96. The lowest BCUT2D eigenvalue weighted by molar-refractivity contribution is 0.246. The van der Waals surface area contributed by atoms with Crippen molar-refractivity contribution < 1.29 is 0 Å². The lowest BCUT2D eigenvalue weighted by Crippen LogP contribution is -2.36. The van der Waals surface area contributed by atoms with E-state index in [1.807, 2.05) is 25.0 Å². The molecule has 1 aromatic rings. The second kappa shape index (κ2) is 5.12. The smallest absolute Gasteiger partial charge is 0.0534 e. The van der Waals surface area contributed by atoms with Gasteiger partial charge in [0, 0.05) is 37.9 Å². The van der Waals surface area contributed by atoms with Crippen LogP contribution in [-0.4, -0.2) is 41.4 Å². The fraction of sp³-hybridized carbons (Fsp3) is 0.700. The van der Waals surface area contributed by atoms with Crippen molar-refractivity contribution in [2.45, 2.75) is 19.5 Å². The molecule has 1 rings (SSSR count). The van der Waals surface area contributed by atoms with Crippen molar-refractivity contribution in [3.63, 3.8) is 0 Å². The molecule has 0 amide bonds. The molecule has 0 aliphatic carbocycles. The highest BCUT2D eigenvalue weighted by atomic mass is 15.2. The zero-order chi connectivity index (χ0) is 10.6. The number of rotatable bonds is 5. The van der Waals surface area contributed by atoms with Crippen molar-refractivity contribution in [2.75, 3.05) is 20.6 Å². The van der Waals surface area contributed by atoms with Crippen molar-refractivity contribution in [3.8, 4) is 0 Å². The molecule has 0 radical (unpaired) electrons. The van der Waals surface area contributed by atoms with Gasteiger partial charge in [0.2, 0.25) is 0 Å². The summed E-state index contributed by atoms with van der Waals surface area (Å²) >= 11 is 0. The third kappa shape index (κ3) is 3.12. The molecule has 0 aliphatic heterocycles. The van der Waals surface area contributed by atoms with E-state index in [-0.39, 0.29) is 0 Å². The van der Waals surface area contributed by atoms with Crippen molar-refractivity contribution in [1.29, 1.82) is 0 Å². The molecule has 4 heteroatoms. The van der Waals surface area contributed by atoms with Gasteiger partial charge < -0.3 is 5.32 Å². The molecule has 1 N–H and O–H groups in total. The normalized spacial score (nSPS) is 13.5. The number of aromatic nitrogens is 2. The second-order valence-electron chi connectivity index (χ2n) is 3.84. The Balaban J connectivity index is 2.43. The number of aryl methyl sites for hydroxylation is 1. The summed E-state index contributed by atoms with van der Waals surface area (Å²) in [5.74, 6) is 0. The third-order valence-electron chi connectivity index (χ3n) is 2.44. The van der Waals surface area contributed by atoms with Gasteiger partial charge in [-0.05, 0) is 21.0 Å². The zero-order valence-corrected chi connectivity index (χ0v) is 9.49. The zero-order valence-electron chi connectivity index (χ0n) is 9.49. The number of nitrogens with one attached hydrogen (secondary N) is 1. The Kier molecular flexibility index (Phi) is 4.10. The first-order valence-electron chi connectivity index (χ1n) is 4.96. The molecule has 1 unspecified atom stereocenters. The Morgan fingerprint density at radius 2 is 2.36 bits per heavy atom. The Bertz CT molecular complexity index is 269. The lowest BCUT2D eigenvalue weighted by atomic mass is 10.2. The number of likely N-dealkylation sites (N-methyl/N-ethyl adjacent to an activating group) is 2. The van der Waals surface area contributed by atoms with Gasteiger partial charge in [0.05, 0.1) is 6.20 Å². The van der Waals surface area contributed by atoms with Crippen LogP contribution in [0.25, 0.3) is 0 Å². The standard InChI is InChI=1S/C10H20N4/c1-9(5-11-2)13(3)7-10-6-12-14(4)8-10/h6,8-9,11H,5,7H2,1-4H3. The van der Waals surface area contributed by atoms with E-state index in [4.69, 9.17) is 0 Å². The molecule has 1 atom stereocenters. The summed E-state index contributed by atoms with van der Waals surface area (Å²) in [5.41, 5.74) is 1.26. The molecule has 0 aromatic carbocycles. The topological polar surface area (TPSA) is 33.1 Å². The minimum atomic E-state index is 0.542. The van der Waals surface area contributed by atoms with Gasteiger partial charge in [-0.3, -0.25) is 9.58 Å². The number of nitrogens with zero attached hydrogens (tertiary/aromatic N) is 3. The maximum atomic E-state index is 4.15. The predicted octanol–water partition coefficient (Wildman–Crippen LogP) is 0.460. The molecule has 14 heavy (non-hydrogen) atoms. The number of hydrogen-bond acceptors (Lipinski definition) is 3. The van der Waals surface area contributed by atoms with Crippen LogP contribution in [0.1, 0.15) is 12.5 Å². The van der Waals surface area contributed by atoms with Gasteiger partial charge in [-0.1, -0.05) is 0 Å². The predicted molar refractivity (Wildman–Crippen MR) is 58.1 cm³/mol. The van der Waals surface area contributed by atoms with E-state index >= 15 is 0 Å². The van der Waals surface area contributed by atoms with E-state index in [1.54, 1.807) is 0 Å². The molecule has 0 aliphatic rings. The van der Waals surface area contributed by atoms with Gasteiger partial charge in [0.15, 0.2) is 0 Å². The van der Waals surface area contributed by atoms with Gasteiger partial charge in [-0.2, -0.15) is 5.10 Å². The van der Waals surface area contributed by atoms with Crippen molar-refractivity contribution >= 4 is 0 Å². The van der Waals surface area contributed by atoms with Crippen LogP contribution in [0.5, 0.6) is 0 Å². The average Bonchev–Trinajstić information content (AvgIpc) is 2.51. The summed E-state index contributed by atoms with van der Waals surface area (Å²) in [6.45, 7) is 4.18. The summed E-state index contributed by atoms with van der Waals surface area (Å²) < 4.78 is 1.84. The molecular formula is C10H20N4. The van der Waals surface area contributed by atoms with E-state index in [0.29, 0.717) is 6.04 Å². The molecule has 0 spiro atoms. The van der Waals surface area contributed by atoms with E-state index in [1.165, 1.54) is 5.56 Å². The van der Waals surface area contributed by atoms with E-state index in [2.05, 4.69) is 35.5 Å². The highest BCUT2D eigenvalue weighted by molar-refractivity contribution is 5.03. The van der Waals surface area contributed by atoms with Gasteiger partial charge in [-0.25, -0.2) is 0 Å². The van der Waals surface area contributed by atoms with Crippen LogP contribution < -0.4 is 5.32 Å². The van der Waals surface area contributed by atoms with E-state index < -0.39 is 0 Å². The second-order valence-corrected chi connectivity index (χ2v) is 3.84. The third-order valence-corrected chi connectivity index (χ3v) is 2.44. The summed E-state index contributed by atoms with van der Waals surface area (Å²) in [7, 11) is 6.06. The molecule has 4 nitrogen and oxygen atoms in total.